The van der Waals surface area contributed by atoms with Gasteiger partial charge in [0.2, 0.25) is 0 Å². The Morgan fingerprint density at radius 3 is 1.86 bits per heavy atom. The van der Waals surface area contributed by atoms with E-state index < -0.39 is 0 Å². The first-order valence-corrected chi connectivity index (χ1v) is 3.82. The smallest absolute Gasteiger partial charge is 0.0376 e. The normalized spacial score (nSPS) is 12.6. The quantitative estimate of drug-likeness (QED) is 0.348. The molecule has 0 spiro atoms. The minimum Gasteiger partial charge on any atom is -0.0937 e. The van der Waals surface area contributed by atoms with Crippen LogP contribution >= 0.6 is 0 Å². The summed E-state index contributed by atoms with van der Waals surface area (Å²) in [6, 6.07) is -0.365. The summed E-state index contributed by atoms with van der Waals surface area (Å²) in [7, 11) is 0. The van der Waals surface area contributed by atoms with Crippen LogP contribution in [0.1, 0.15) is 6.92 Å². The third-order valence-corrected chi connectivity index (χ3v) is 1.67. The molecule has 0 saturated carbocycles. The molecule has 0 aromatic heterocycles. The molecule has 0 rings (SSSR count). The Labute approximate surface area is 79.6 Å². The van der Waals surface area contributed by atoms with Gasteiger partial charge in [0, 0.05) is 33.9 Å². The highest BCUT2D eigenvalue weighted by molar-refractivity contribution is 4.76. The second-order valence-electron chi connectivity index (χ2n) is 2.53. The Morgan fingerprint density at radius 2 is 1.50 bits per heavy atom. The topological polar surface area (TPSA) is 146 Å². The van der Waals surface area contributed by atoms with Crippen LogP contribution in [0.4, 0.5) is 0 Å². The van der Waals surface area contributed by atoms with Crippen LogP contribution in [0.15, 0.2) is 15.3 Å². The van der Waals surface area contributed by atoms with Gasteiger partial charge in [0.15, 0.2) is 0 Å². The molecule has 0 amide bonds. The van der Waals surface area contributed by atoms with Gasteiger partial charge in [0.1, 0.15) is 0 Å². The zero-order valence-corrected chi connectivity index (χ0v) is 7.59. The second kappa shape index (κ2) is 7.57. The van der Waals surface area contributed by atoms with Gasteiger partial charge in [0.25, 0.3) is 0 Å². The summed E-state index contributed by atoms with van der Waals surface area (Å²) in [6.45, 7) is 1.97. The molecule has 0 aromatic rings. The van der Waals surface area contributed by atoms with Gasteiger partial charge in [-0.2, -0.15) is 0 Å². The largest absolute Gasteiger partial charge is 0.0937 e. The van der Waals surface area contributed by atoms with Gasteiger partial charge in [-0.25, -0.2) is 0 Å². The van der Waals surface area contributed by atoms with Crippen molar-refractivity contribution in [2.45, 2.75) is 13.0 Å². The van der Waals surface area contributed by atoms with Crippen molar-refractivity contribution in [3.05, 3.63) is 31.3 Å². The van der Waals surface area contributed by atoms with Crippen molar-refractivity contribution in [2.24, 2.45) is 21.3 Å². The van der Waals surface area contributed by atoms with E-state index in [1.807, 2.05) is 0 Å². The maximum absolute atomic E-state index is 8.19. The summed E-state index contributed by atoms with van der Waals surface area (Å²) in [5.74, 6) is -0.252. The van der Waals surface area contributed by atoms with Crippen molar-refractivity contribution in [3.63, 3.8) is 0 Å². The Balaban J connectivity index is 4.42. The molecule has 0 radical (unpaired) electrons. The van der Waals surface area contributed by atoms with Crippen molar-refractivity contribution in [1.29, 1.82) is 0 Å². The lowest BCUT2D eigenvalue weighted by Crippen LogP contribution is -2.20. The van der Waals surface area contributed by atoms with Crippen LogP contribution in [0, 0.1) is 5.92 Å². The highest BCUT2D eigenvalue weighted by atomic mass is 15.2. The molecule has 0 saturated heterocycles. The predicted molar refractivity (Wildman–Crippen MR) is 50.1 cm³/mol. The second-order valence-corrected chi connectivity index (χ2v) is 2.53. The van der Waals surface area contributed by atoms with E-state index in [4.69, 9.17) is 16.6 Å². The van der Waals surface area contributed by atoms with E-state index >= 15 is 0 Å². The van der Waals surface area contributed by atoms with Gasteiger partial charge < -0.3 is 0 Å². The number of hydrogen-bond donors (Lipinski definition) is 0. The maximum Gasteiger partial charge on any atom is 0.0376 e. The monoisotopic (exact) mass is 195 g/mol. The predicted octanol–water partition coefficient (Wildman–Crippen LogP) is 2.92. The van der Waals surface area contributed by atoms with Gasteiger partial charge >= 0.3 is 0 Å². The van der Waals surface area contributed by atoms with Crippen molar-refractivity contribution in [3.8, 4) is 0 Å². The lowest BCUT2D eigenvalue weighted by atomic mass is 10.0. The van der Waals surface area contributed by atoms with Gasteiger partial charge in [-0.3, -0.25) is 0 Å². The molecule has 0 aliphatic heterocycles. The first-order chi connectivity index (χ1) is 6.76. The minimum absolute atomic E-state index is 0.149. The Bertz CT molecular complexity index is 283. The van der Waals surface area contributed by atoms with Gasteiger partial charge in [-0.15, -0.1) is 0 Å². The third-order valence-electron chi connectivity index (χ3n) is 1.67. The molecule has 0 aromatic carbocycles. The summed E-state index contributed by atoms with van der Waals surface area (Å²) in [5, 5.41) is 10.1. The van der Waals surface area contributed by atoms with Gasteiger partial charge in [0.05, 0.1) is 0 Å². The van der Waals surface area contributed by atoms with E-state index in [0.717, 1.165) is 0 Å². The SMILES string of the molecule is CC(N=[N+]=[N-])C(CN=[N+]=[N-])CN=[N+]=[N-]. The zero-order valence-electron chi connectivity index (χ0n) is 7.59. The van der Waals surface area contributed by atoms with E-state index in [1.165, 1.54) is 0 Å². The average molecular weight is 195 g/mol. The fourth-order valence-electron chi connectivity index (χ4n) is 0.821. The number of rotatable bonds is 6. The Kier molecular flexibility index (Phi) is 6.45. The van der Waals surface area contributed by atoms with E-state index in [9.17, 15) is 0 Å². The van der Waals surface area contributed by atoms with Crippen molar-refractivity contribution in [1.82, 2.24) is 0 Å². The highest BCUT2D eigenvalue weighted by Crippen LogP contribution is 2.09. The van der Waals surface area contributed by atoms with Crippen LogP contribution in [-0.4, -0.2) is 19.1 Å². The molecule has 0 fully saturated rings. The van der Waals surface area contributed by atoms with Crippen LogP contribution in [-0.2, 0) is 0 Å². The fourth-order valence-corrected chi connectivity index (χ4v) is 0.821. The standard InChI is InChI=1S/C5H9N9/c1-4(11-14-8)5(2-9-12-6)3-10-13-7/h4-5H,2-3H2,1H3. The summed E-state index contributed by atoms with van der Waals surface area (Å²) in [5.41, 5.74) is 24.4. The summed E-state index contributed by atoms with van der Waals surface area (Å²) >= 11 is 0. The molecule has 0 aliphatic rings. The number of nitrogens with zero attached hydrogens (tertiary/aromatic N) is 9. The van der Waals surface area contributed by atoms with Crippen molar-refractivity contribution < 1.29 is 0 Å². The van der Waals surface area contributed by atoms with Crippen LogP contribution in [0.5, 0.6) is 0 Å². The molecule has 0 aliphatic carbocycles. The van der Waals surface area contributed by atoms with E-state index in [0.29, 0.717) is 0 Å². The van der Waals surface area contributed by atoms with Gasteiger partial charge in [-0.1, -0.05) is 22.3 Å². The molecule has 1 atom stereocenters. The van der Waals surface area contributed by atoms with E-state index in [1.54, 1.807) is 6.92 Å². The first kappa shape index (κ1) is 11.9. The number of azide groups is 3. The van der Waals surface area contributed by atoms with Crippen LogP contribution < -0.4 is 0 Å². The van der Waals surface area contributed by atoms with Crippen LogP contribution in [0.2, 0.25) is 0 Å². The summed E-state index contributed by atoms with van der Waals surface area (Å²) < 4.78 is 0. The number of hydrogen-bond acceptors (Lipinski definition) is 3. The molecular formula is C5H9N9. The van der Waals surface area contributed by atoms with E-state index in [2.05, 4.69) is 30.1 Å². The molecule has 0 bridgehead atoms. The van der Waals surface area contributed by atoms with Crippen molar-refractivity contribution in [2.75, 3.05) is 13.1 Å². The van der Waals surface area contributed by atoms with Gasteiger partial charge in [-0.05, 0) is 22.5 Å². The van der Waals surface area contributed by atoms with Crippen molar-refractivity contribution >= 4 is 0 Å². The molecular weight excluding hydrogens is 186 g/mol. The molecule has 9 nitrogen and oxygen atoms in total. The van der Waals surface area contributed by atoms with Crippen LogP contribution in [0.25, 0.3) is 31.3 Å². The molecule has 0 N–H and O–H groups in total. The third kappa shape index (κ3) is 4.74. The minimum atomic E-state index is -0.365. The molecule has 0 heterocycles. The molecule has 74 valence electrons. The van der Waals surface area contributed by atoms with E-state index in [-0.39, 0.29) is 25.0 Å². The lowest BCUT2D eigenvalue weighted by Gasteiger charge is -2.14. The Hall–Kier alpha value is -2.07. The molecule has 14 heavy (non-hydrogen) atoms. The first-order valence-electron chi connectivity index (χ1n) is 3.82. The average Bonchev–Trinajstić information content (AvgIpc) is 2.18. The molecule has 1 unspecified atom stereocenters. The Morgan fingerprint density at radius 1 is 1.00 bits per heavy atom. The summed E-state index contributed by atoms with van der Waals surface area (Å²) in [6.07, 6.45) is 0. The summed E-state index contributed by atoms with van der Waals surface area (Å²) in [4.78, 5) is 7.79. The maximum atomic E-state index is 8.19. The van der Waals surface area contributed by atoms with Crippen LogP contribution in [0.3, 0.4) is 0 Å². The zero-order chi connectivity index (χ0) is 10.8. The highest BCUT2D eigenvalue weighted by Gasteiger charge is 2.13. The molecule has 9 heteroatoms. The fraction of sp³-hybridized carbons (Fsp3) is 1.00. The lowest BCUT2D eigenvalue weighted by molar-refractivity contribution is 0.461.